The molecule has 4 rings (SSSR count). The topological polar surface area (TPSA) is 63.1 Å². The van der Waals surface area contributed by atoms with Crippen molar-refractivity contribution < 1.29 is 4.79 Å². The molecule has 1 amide bonds. The summed E-state index contributed by atoms with van der Waals surface area (Å²) >= 11 is 0. The van der Waals surface area contributed by atoms with E-state index in [-0.39, 0.29) is 5.91 Å². The van der Waals surface area contributed by atoms with Crippen LogP contribution in [0.5, 0.6) is 0 Å². The molecule has 1 fully saturated rings. The average Bonchev–Trinajstić information content (AvgIpc) is 3.28. The molecule has 0 saturated carbocycles. The first-order valence-electron chi connectivity index (χ1n) is 9.38. The summed E-state index contributed by atoms with van der Waals surface area (Å²) in [5, 5.41) is 2.91. The first-order valence-corrected chi connectivity index (χ1v) is 9.38. The Labute approximate surface area is 158 Å². The van der Waals surface area contributed by atoms with Crippen LogP contribution in [0.25, 0.3) is 5.69 Å². The van der Waals surface area contributed by atoms with Gasteiger partial charge in [-0.25, -0.2) is 9.97 Å². The second kappa shape index (κ2) is 8.03. The van der Waals surface area contributed by atoms with E-state index in [2.05, 4.69) is 20.2 Å². The van der Waals surface area contributed by atoms with Crippen LogP contribution in [-0.2, 0) is 6.54 Å². The van der Waals surface area contributed by atoms with Gasteiger partial charge in [0.2, 0.25) is 0 Å². The SMILES string of the molecule is O=C(NCc1nccc(N2CCCCC2)n1)c1ccc(-n2cccc2)cc1. The van der Waals surface area contributed by atoms with Crippen molar-refractivity contribution in [3.8, 4) is 5.69 Å². The van der Waals surface area contributed by atoms with E-state index in [1.54, 1.807) is 6.20 Å². The van der Waals surface area contributed by atoms with Gasteiger partial charge in [0.25, 0.3) is 5.91 Å². The Kier molecular flexibility index (Phi) is 5.14. The monoisotopic (exact) mass is 361 g/mol. The Morgan fingerprint density at radius 1 is 1.00 bits per heavy atom. The molecule has 6 heteroatoms. The summed E-state index contributed by atoms with van der Waals surface area (Å²) in [6.07, 6.45) is 9.41. The maximum atomic E-state index is 12.4. The van der Waals surface area contributed by atoms with Gasteiger partial charge in [-0.3, -0.25) is 4.79 Å². The molecule has 0 spiro atoms. The smallest absolute Gasteiger partial charge is 0.251 e. The lowest BCUT2D eigenvalue weighted by atomic mass is 10.1. The van der Waals surface area contributed by atoms with Crippen molar-refractivity contribution in [1.29, 1.82) is 0 Å². The van der Waals surface area contributed by atoms with E-state index in [0.29, 0.717) is 17.9 Å². The predicted octanol–water partition coefficient (Wildman–Crippen LogP) is 3.19. The first-order chi connectivity index (χ1) is 13.3. The van der Waals surface area contributed by atoms with Crippen molar-refractivity contribution >= 4 is 11.7 Å². The van der Waals surface area contributed by atoms with Crippen LogP contribution in [0.2, 0.25) is 0 Å². The van der Waals surface area contributed by atoms with Crippen molar-refractivity contribution in [1.82, 2.24) is 19.9 Å². The fourth-order valence-corrected chi connectivity index (χ4v) is 3.33. The molecule has 27 heavy (non-hydrogen) atoms. The molecular weight excluding hydrogens is 338 g/mol. The number of hydrogen-bond donors (Lipinski definition) is 1. The second-order valence-electron chi connectivity index (χ2n) is 6.70. The minimum absolute atomic E-state index is 0.124. The molecular formula is C21H23N5O. The van der Waals surface area contributed by atoms with E-state index < -0.39 is 0 Å². The number of hydrogen-bond acceptors (Lipinski definition) is 4. The van der Waals surface area contributed by atoms with Gasteiger partial charge < -0.3 is 14.8 Å². The molecule has 0 unspecified atom stereocenters. The Balaban J connectivity index is 1.37. The molecule has 0 atom stereocenters. The van der Waals surface area contributed by atoms with E-state index in [1.807, 2.05) is 59.4 Å². The van der Waals surface area contributed by atoms with Gasteiger partial charge in [-0.15, -0.1) is 0 Å². The fraction of sp³-hybridized carbons (Fsp3) is 0.286. The van der Waals surface area contributed by atoms with Gasteiger partial charge in [0, 0.05) is 42.9 Å². The molecule has 0 radical (unpaired) electrons. The van der Waals surface area contributed by atoms with Crippen molar-refractivity contribution in [2.45, 2.75) is 25.8 Å². The molecule has 138 valence electrons. The maximum absolute atomic E-state index is 12.4. The molecule has 0 aliphatic carbocycles. The highest BCUT2D eigenvalue weighted by Crippen LogP contribution is 2.17. The second-order valence-corrected chi connectivity index (χ2v) is 6.70. The van der Waals surface area contributed by atoms with Gasteiger partial charge in [0.05, 0.1) is 6.54 Å². The predicted molar refractivity (Wildman–Crippen MR) is 105 cm³/mol. The summed E-state index contributed by atoms with van der Waals surface area (Å²) in [4.78, 5) is 23.6. The Bertz CT molecular complexity index is 883. The minimum Gasteiger partial charge on any atom is -0.357 e. The quantitative estimate of drug-likeness (QED) is 0.758. The molecule has 0 bridgehead atoms. The average molecular weight is 361 g/mol. The molecule has 3 aromatic rings. The number of rotatable bonds is 5. The van der Waals surface area contributed by atoms with Crippen molar-refractivity contribution in [3.05, 3.63) is 72.4 Å². The Morgan fingerprint density at radius 2 is 1.74 bits per heavy atom. The number of piperidine rings is 1. The lowest BCUT2D eigenvalue weighted by Crippen LogP contribution is -2.31. The summed E-state index contributed by atoms with van der Waals surface area (Å²) in [6.45, 7) is 2.40. The summed E-state index contributed by atoms with van der Waals surface area (Å²) in [6, 6.07) is 13.4. The van der Waals surface area contributed by atoms with Crippen LogP contribution >= 0.6 is 0 Å². The van der Waals surface area contributed by atoms with Crippen molar-refractivity contribution in [3.63, 3.8) is 0 Å². The molecule has 1 aliphatic heterocycles. The van der Waals surface area contributed by atoms with Gasteiger partial charge >= 0.3 is 0 Å². The van der Waals surface area contributed by atoms with E-state index in [9.17, 15) is 4.79 Å². The van der Waals surface area contributed by atoms with Crippen LogP contribution in [0.15, 0.2) is 61.1 Å². The number of nitrogens with zero attached hydrogens (tertiary/aromatic N) is 4. The lowest BCUT2D eigenvalue weighted by Gasteiger charge is -2.27. The van der Waals surface area contributed by atoms with E-state index in [1.165, 1.54) is 19.3 Å². The fourth-order valence-electron chi connectivity index (χ4n) is 3.33. The Morgan fingerprint density at radius 3 is 2.48 bits per heavy atom. The summed E-state index contributed by atoms with van der Waals surface area (Å²) < 4.78 is 2.00. The minimum atomic E-state index is -0.124. The first kappa shape index (κ1) is 17.3. The van der Waals surface area contributed by atoms with Gasteiger partial charge in [-0.2, -0.15) is 0 Å². The maximum Gasteiger partial charge on any atom is 0.251 e. The van der Waals surface area contributed by atoms with Gasteiger partial charge in [-0.05, 0) is 61.7 Å². The molecule has 1 saturated heterocycles. The number of carbonyl (C=O) groups excluding carboxylic acids is 1. The van der Waals surface area contributed by atoms with Gasteiger partial charge in [0.15, 0.2) is 0 Å². The Hall–Kier alpha value is -3.15. The normalized spacial score (nSPS) is 14.1. The number of carbonyl (C=O) groups is 1. The highest BCUT2D eigenvalue weighted by atomic mass is 16.1. The van der Waals surface area contributed by atoms with Gasteiger partial charge in [-0.1, -0.05) is 0 Å². The highest BCUT2D eigenvalue weighted by Gasteiger charge is 2.13. The number of benzene rings is 1. The molecule has 6 nitrogen and oxygen atoms in total. The van der Waals surface area contributed by atoms with Crippen molar-refractivity contribution in [2.75, 3.05) is 18.0 Å². The van der Waals surface area contributed by atoms with E-state index >= 15 is 0 Å². The largest absolute Gasteiger partial charge is 0.357 e. The van der Waals surface area contributed by atoms with E-state index in [4.69, 9.17) is 0 Å². The molecule has 1 N–H and O–H groups in total. The van der Waals surface area contributed by atoms with Crippen LogP contribution in [0.4, 0.5) is 5.82 Å². The number of anilines is 1. The summed E-state index contributed by atoms with van der Waals surface area (Å²) in [5.74, 6) is 1.46. The van der Waals surface area contributed by atoms with Crippen LogP contribution in [0.1, 0.15) is 35.4 Å². The third-order valence-corrected chi connectivity index (χ3v) is 4.81. The molecule has 1 aliphatic rings. The van der Waals surface area contributed by atoms with Gasteiger partial charge in [0.1, 0.15) is 11.6 Å². The standard InChI is InChI=1S/C21H23N5O/c27-21(17-6-8-18(9-7-17)25-12-4-5-13-25)23-16-19-22-11-10-20(24-19)26-14-2-1-3-15-26/h4-13H,1-3,14-16H2,(H,23,27). The summed E-state index contributed by atoms with van der Waals surface area (Å²) in [7, 11) is 0. The number of nitrogens with one attached hydrogen (secondary N) is 1. The zero-order valence-corrected chi connectivity index (χ0v) is 15.2. The lowest BCUT2D eigenvalue weighted by molar-refractivity contribution is 0.0950. The van der Waals surface area contributed by atoms with Crippen LogP contribution < -0.4 is 10.2 Å². The number of aromatic nitrogens is 3. The zero-order chi connectivity index (χ0) is 18.5. The van der Waals surface area contributed by atoms with Crippen molar-refractivity contribution in [2.24, 2.45) is 0 Å². The van der Waals surface area contributed by atoms with Crippen LogP contribution in [0.3, 0.4) is 0 Å². The molecule has 3 heterocycles. The zero-order valence-electron chi connectivity index (χ0n) is 15.2. The third kappa shape index (κ3) is 4.16. The van der Waals surface area contributed by atoms with Crippen LogP contribution in [-0.4, -0.2) is 33.5 Å². The van der Waals surface area contributed by atoms with Crippen LogP contribution in [0, 0.1) is 0 Å². The summed E-state index contributed by atoms with van der Waals surface area (Å²) in [5.41, 5.74) is 1.65. The highest BCUT2D eigenvalue weighted by molar-refractivity contribution is 5.94. The number of amides is 1. The van der Waals surface area contributed by atoms with E-state index in [0.717, 1.165) is 24.6 Å². The molecule has 2 aromatic heterocycles. The third-order valence-electron chi connectivity index (χ3n) is 4.81. The molecule has 1 aromatic carbocycles.